The van der Waals surface area contributed by atoms with Crippen LogP contribution in [0.15, 0.2) is 6.20 Å². The van der Waals surface area contributed by atoms with Gasteiger partial charge in [-0.3, -0.25) is 10.3 Å². The number of aliphatic hydroxyl groups excluding tert-OH is 1. The zero-order valence-corrected chi connectivity index (χ0v) is 11.5. The van der Waals surface area contributed by atoms with Gasteiger partial charge < -0.3 is 9.84 Å². The molecule has 102 valence electrons. The Balaban J connectivity index is 1.99. The van der Waals surface area contributed by atoms with Crippen LogP contribution in [0, 0.1) is 0 Å². The third-order valence-electron chi connectivity index (χ3n) is 2.81. The third-order valence-corrected chi connectivity index (χ3v) is 3.73. The molecule has 18 heavy (non-hydrogen) atoms. The van der Waals surface area contributed by atoms with Crippen LogP contribution in [-0.4, -0.2) is 46.4 Å². The van der Waals surface area contributed by atoms with Gasteiger partial charge in [-0.25, -0.2) is 10.8 Å². The summed E-state index contributed by atoms with van der Waals surface area (Å²) in [5, 5.41) is 9.98. The maximum Gasteiger partial charge on any atom is 0.197 e. The first kappa shape index (κ1) is 13.7. The number of nitrogens with one attached hydrogen (secondary N) is 1. The zero-order valence-electron chi connectivity index (χ0n) is 10.7. The van der Waals surface area contributed by atoms with Crippen LogP contribution in [0.1, 0.15) is 18.7 Å². The van der Waals surface area contributed by atoms with Crippen molar-refractivity contribution < 1.29 is 9.84 Å². The van der Waals surface area contributed by atoms with E-state index in [4.69, 9.17) is 10.6 Å². The number of aliphatic hydroxyl groups is 1. The Morgan fingerprint density at radius 1 is 1.72 bits per heavy atom. The van der Waals surface area contributed by atoms with Crippen molar-refractivity contribution in [1.29, 1.82) is 0 Å². The molecule has 2 heterocycles. The van der Waals surface area contributed by atoms with E-state index >= 15 is 0 Å². The second-order valence-electron chi connectivity index (χ2n) is 5.13. The highest BCUT2D eigenvalue weighted by Crippen LogP contribution is 2.24. The van der Waals surface area contributed by atoms with E-state index in [2.05, 4.69) is 15.3 Å². The number of hydrogen-bond acceptors (Lipinski definition) is 7. The van der Waals surface area contributed by atoms with Crippen molar-refractivity contribution in [3.63, 3.8) is 0 Å². The maximum atomic E-state index is 9.26. The summed E-state index contributed by atoms with van der Waals surface area (Å²) in [5.74, 6) is 5.31. The summed E-state index contributed by atoms with van der Waals surface area (Å²) in [6, 6.07) is 0. The number of rotatable bonds is 4. The monoisotopic (exact) mass is 272 g/mol. The molecule has 1 atom stereocenters. The molecule has 0 aromatic carbocycles. The summed E-state index contributed by atoms with van der Waals surface area (Å²) in [6.07, 6.45) is 1.71. The first-order chi connectivity index (χ1) is 8.52. The molecule has 0 saturated carbocycles. The van der Waals surface area contributed by atoms with Crippen LogP contribution < -0.4 is 11.3 Å². The highest BCUT2D eigenvalue weighted by molar-refractivity contribution is 7.15. The van der Waals surface area contributed by atoms with E-state index in [1.807, 2.05) is 20.0 Å². The van der Waals surface area contributed by atoms with Crippen LogP contribution in [-0.2, 0) is 11.3 Å². The molecular formula is C11H20N4O2S. The first-order valence-electron chi connectivity index (χ1n) is 5.95. The molecule has 1 unspecified atom stereocenters. The Morgan fingerprint density at radius 3 is 3.11 bits per heavy atom. The number of anilines is 1. The zero-order chi connectivity index (χ0) is 13.2. The van der Waals surface area contributed by atoms with Crippen LogP contribution in [0.5, 0.6) is 0 Å². The van der Waals surface area contributed by atoms with E-state index in [9.17, 15) is 5.11 Å². The molecule has 7 heteroatoms. The van der Waals surface area contributed by atoms with E-state index < -0.39 is 0 Å². The van der Waals surface area contributed by atoms with Crippen LogP contribution in [0.4, 0.5) is 5.13 Å². The summed E-state index contributed by atoms with van der Waals surface area (Å²) in [5.41, 5.74) is 2.31. The Morgan fingerprint density at radius 2 is 2.50 bits per heavy atom. The van der Waals surface area contributed by atoms with Crippen molar-refractivity contribution in [2.45, 2.75) is 32.1 Å². The van der Waals surface area contributed by atoms with Crippen LogP contribution >= 0.6 is 11.3 Å². The Hall–Kier alpha value is -0.730. The molecule has 1 aliphatic rings. The molecule has 6 nitrogen and oxygen atoms in total. The van der Waals surface area contributed by atoms with Gasteiger partial charge in [0.1, 0.15) is 0 Å². The quantitative estimate of drug-likeness (QED) is 0.543. The summed E-state index contributed by atoms with van der Waals surface area (Å²) >= 11 is 1.54. The number of thiazole rings is 1. The van der Waals surface area contributed by atoms with Crippen molar-refractivity contribution in [3.8, 4) is 0 Å². The highest BCUT2D eigenvalue weighted by Gasteiger charge is 2.33. The largest absolute Gasteiger partial charge is 0.394 e. The van der Waals surface area contributed by atoms with E-state index in [1.54, 1.807) is 11.3 Å². The minimum atomic E-state index is -0.231. The molecule has 1 aromatic rings. The van der Waals surface area contributed by atoms with Gasteiger partial charge in [0, 0.05) is 30.7 Å². The second kappa shape index (κ2) is 5.50. The van der Waals surface area contributed by atoms with Crippen molar-refractivity contribution in [1.82, 2.24) is 9.88 Å². The number of nitrogens with two attached hydrogens (primary N) is 1. The van der Waals surface area contributed by atoms with Gasteiger partial charge in [-0.05, 0) is 13.8 Å². The topological polar surface area (TPSA) is 83.6 Å². The molecule has 1 fully saturated rings. The Bertz CT molecular complexity index is 396. The van der Waals surface area contributed by atoms with Gasteiger partial charge in [-0.15, -0.1) is 0 Å². The van der Waals surface area contributed by atoms with Gasteiger partial charge in [-0.1, -0.05) is 11.3 Å². The maximum absolute atomic E-state index is 9.26. The number of morpholine rings is 1. The summed E-state index contributed by atoms with van der Waals surface area (Å²) in [4.78, 5) is 7.58. The van der Waals surface area contributed by atoms with Crippen molar-refractivity contribution >= 4 is 16.5 Å². The molecule has 0 radical (unpaired) electrons. The smallest absolute Gasteiger partial charge is 0.197 e. The lowest BCUT2D eigenvalue weighted by atomic mass is 10.1. The average Bonchev–Trinajstić information content (AvgIpc) is 2.74. The SMILES string of the molecule is CC1(C)CN(Cc2cnc(NN)s2)CC(CO)O1. The minimum Gasteiger partial charge on any atom is -0.394 e. The van der Waals surface area contributed by atoms with Gasteiger partial charge in [0.05, 0.1) is 18.3 Å². The molecule has 1 saturated heterocycles. The fourth-order valence-corrected chi connectivity index (χ4v) is 3.07. The number of aromatic nitrogens is 1. The van der Waals surface area contributed by atoms with Crippen molar-refractivity contribution in [2.75, 3.05) is 25.1 Å². The fourth-order valence-electron chi connectivity index (χ4n) is 2.30. The lowest BCUT2D eigenvalue weighted by Gasteiger charge is -2.42. The molecular weight excluding hydrogens is 252 g/mol. The normalized spacial score (nSPS) is 24.1. The predicted molar refractivity (Wildman–Crippen MR) is 71.2 cm³/mol. The standard InChI is InChI=1S/C11H20N4O2S/c1-11(2)7-15(4-8(6-16)17-11)5-9-3-13-10(14-12)18-9/h3,8,16H,4-7,12H2,1-2H3,(H,13,14). The molecule has 0 amide bonds. The third kappa shape index (κ3) is 3.39. The van der Waals surface area contributed by atoms with Gasteiger partial charge in [-0.2, -0.15) is 0 Å². The lowest BCUT2D eigenvalue weighted by Crippen LogP contribution is -2.53. The number of hydrazine groups is 1. The number of ether oxygens (including phenoxy) is 1. The number of nitrogen functional groups attached to an aromatic ring is 1. The van der Waals surface area contributed by atoms with Crippen LogP contribution in [0.25, 0.3) is 0 Å². The van der Waals surface area contributed by atoms with Gasteiger partial charge in [0.15, 0.2) is 5.13 Å². The minimum absolute atomic E-state index is 0.0538. The van der Waals surface area contributed by atoms with Gasteiger partial charge >= 0.3 is 0 Å². The molecule has 1 aromatic heterocycles. The molecule has 0 aliphatic carbocycles. The van der Waals surface area contributed by atoms with E-state index in [1.165, 1.54) is 0 Å². The predicted octanol–water partition coefficient (Wildman–Crippen LogP) is 0.400. The lowest BCUT2D eigenvalue weighted by molar-refractivity contribution is -0.150. The molecule has 4 N–H and O–H groups in total. The van der Waals surface area contributed by atoms with Crippen molar-refractivity contribution in [2.24, 2.45) is 5.84 Å². The molecule has 0 spiro atoms. The molecule has 0 bridgehead atoms. The summed E-state index contributed by atoms with van der Waals surface area (Å²) < 4.78 is 5.78. The highest BCUT2D eigenvalue weighted by atomic mass is 32.1. The number of nitrogens with zero attached hydrogens (tertiary/aromatic N) is 2. The van der Waals surface area contributed by atoms with Crippen molar-refractivity contribution in [3.05, 3.63) is 11.1 Å². The number of hydrogen-bond donors (Lipinski definition) is 3. The molecule has 1 aliphatic heterocycles. The molecule has 2 rings (SSSR count). The van der Waals surface area contributed by atoms with Gasteiger partial charge in [0.25, 0.3) is 0 Å². The summed E-state index contributed by atoms with van der Waals surface area (Å²) in [6.45, 7) is 6.53. The van der Waals surface area contributed by atoms with E-state index in [-0.39, 0.29) is 18.3 Å². The van der Waals surface area contributed by atoms with Crippen LogP contribution in [0.3, 0.4) is 0 Å². The second-order valence-corrected chi connectivity index (χ2v) is 6.24. The van der Waals surface area contributed by atoms with E-state index in [0.717, 1.165) is 29.6 Å². The van der Waals surface area contributed by atoms with E-state index in [0.29, 0.717) is 0 Å². The van der Waals surface area contributed by atoms with Gasteiger partial charge in [0.2, 0.25) is 0 Å². The average molecular weight is 272 g/mol. The fraction of sp³-hybridized carbons (Fsp3) is 0.727. The first-order valence-corrected chi connectivity index (χ1v) is 6.76. The Labute approximate surface area is 111 Å². The summed E-state index contributed by atoms with van der Waals surface area (Å²) in [7, 11) is 0. The van der Waals surface area contributed by atoms with Crippen LogP contribution in [0.2, 0.25) is 0 Å². The Kier molecular flexibility index (Phi) is 4.18.